The third-order valence-corrected chi connectivity index (χ3v) is 16.8. The van der Waals surface area contributed by atoms with E-state index in [1.54, 1.807) is 38.7 Å². The van der Waals surface area contributed by atoms with Crippen molar-refractivity contribution in [1.29, 1.82) is 0 Å². The largest absolute Gasteiger partial charge is 0.462 e. The molecule has 3 aliphatic heterocycles. The third-order valence-electron chi connectivity index (χ3n) is 15.3. The molecule has 0 radical (unpaired) electrons. The Morgan fingerprint density at radius 1 is 0.938 bits per heavy atom. The molecule has 1 aromatic heterocycles. The number of aromatic nitrogens is 1. The number of benzene rings is 1. The Kier molecular flexibility index (Phi) is 15.4. The quantitative estimate of drug-likeness (QED) is 0.200. The number of hydrogen-bond donors (Lipinski definition) is 0. The SMILES string of the molecule is CC[C@H]1CCC[C@H](O[C@H]2CC[C@H](N(C)Cc3ccc(F)cc3Cl)[C@@H](C)O2)[C@@H](C)C(=O)C2=C[C@H]3[C@@H]4C[C@H](O[C@@H]5O[C@@H](C)[C@H](OC)[C@@H](OC)[C@H]5OC)C[C@H]4c4sc(C)nc4[C@H]3[C@@H]2CC(=O)O1. The van der Waals surface area contributed by atoms with Crippen molar-refractivity contribution in [2.24, 2.45) is 23.7 Å². The Hall–Kier alpha value is -2.37. The van der Waals surface area contributed by atoms with Crippen LogP contribution in [0.25, 0.3) is 0 Å². The predicted octanol–water partition coefficient (Wildman–Crippen LogP) is 8.69. The van der Waals surface area contributed by atoms with Crippen LogP contribution >= 0.6 is 22.9 Å². The first-order valence-electron chi connectivity index (χ1n) is 23.5. The van der Waals surface area contributed by atoms with Gasteiger partial charge in [-0.1, -0.05) is 37.6 Å². The van der Waals surface area contributed by atoms with Crippen LogP contribution in [0.1, 0.15) is 118 Å². The van der Waals surface area contributed by atoms with E-state index >= 15 is 4.79 Å². The number of ether oxygens (including phenoxy) is 8. The van der Waals surface area contributed by atoms with Crippen molar-refractivity contribution in [1.82, 2.24) is 9.88 Å². The molecule has 1 aromatic carbocycles. The maximum Gasteiger partial charge on any atom is 0.306 e. The van der Waals surface area contributed by atoms with Crippen molar-refractivity contribution < 1.29 is 51.9 Å². The summed E-state index contributed by atoms with van der Waals surface area (Å²) in [5.41, 5.74) is 2.56. The summed E-state index contributed by atoms with van der Waals surface area (Å²) in [4.78, 5) is 37.7. The summed E-state index contributed by atoms with van der Waals surface area (Å²) < 4.78 is 64.2. The van der Waals surface area contributed by atoms with Crippen LogP contribution in [-0.2, 0) is 54.0 Å². The minimum atomic E-state index is -0.652. The molecule has 6 aliphatic rings. The zero-order valence-corrected chi connectivity index (χ0v) is 40.4. The number of rotatable bonds is 11. The van der Waals surface area contributed by atoms with E-state index in [-0.39, 0.29) is 96.2 Å². The van der Waals surface area contributed by atoms with E-state index in [1.807, 2.05) is 27.8 Å². The van der Waals surface area contributed by atoms with E-state index in [4.69, 9.17) is 54.5 Å². The van der Waals surface area contributed by atoms with Crippen LogP contribution in [0, 0.1) is 36.4 Å². The van der Waals surface area contributed by atoms with E-state index in [9.17, 15) is 9.18 Å². The number of cyclic esters (lactones) is 1. The van der Waals surface area contributed by atoms with Crippen molar-refractivity contribution in [3.05, 3.63) is 61.8 Å². The van der Waals surface area contributed by atoms with Gasteiger partial charge in [0.25, 0.3) is 0 Å². The van der Waals surface area contributed by atoms with Crippen molar-refractivity contribution >= 4 is 34.7 Å². The van der Waals surface area contributed by atoms with Gasteiger partial charge in [0.05, 0.1) is 41.5 Å². The molecule has 17 atom stereocenters. The van der Waals surface area contributed by atoms with Crippen molar-refractivity contribution in [2.75, 3.05) is 28.4 Å². The monoisotopic (exact) mass is 930 g/mol. The van der Waals surface area contributed by atoms with Crippen molar-refractivity contribution in [3.8, 4) is 0 Å². The first-order chi connectivity index (χ1) is 30.7. The lowest BCUT2D eigenvalue weighted by Crippen LogP contribution is -2.59. The van der Waals surface area contributed by atoms with E-state index in [2.05, 4.69) is 24.8 Å². The molecular weight excluding hydrogens is 863 g/mol. The molecule has 354 valence electrons. The van der Waals surface area contributed by atoms with E-state index in [1.165, 1.54) is 17.0 Å². The fourth-order valence-electron chi connectivity index (χ4n) is 12.1. The van der Waals surface area contributed by atoms with Crippen LogP contribution in [0.4, 0.5) is 4.39 Å². The first kappa shape index (κ1) is 48.1. The van der Waals surface area contributed by atoms with Gasteiger partial charge in [-0.3, -0.25) is 14.5 Å². The van der Waals surface area contributed by atoms with Crippen LogP contribution in [0.2, 0.25) is 5.02 Å². The highest BCUT2D eigenvalue weighted by Gasteiger charge is 2.57. The second kappa shape index (κ2) is 20.5. The summed E-state index contributed by atoms with van der Waals surface area (Å²) in [6.45, 7) is 10.7. The van der Waals surface area contributed by atoms with Gasteiger partial charge in [0.2, 0.25) is 0 Å². The van der Waals surface area contributed by atoms with Gasteiger partial charge in [-0.05, 0) is 114 Å². The Labute approximate surface area is 387 Å². The normalized spacial score (nSPS) is 39.2. The van der Waals surface area contributed by atoms with Gasteiger partial charge >= 0.3 is 5.97 Å². The summed E-state index contributed by atoms with van der Waals surface area (Å²) in [5, 5.41) is 1.38. The molecule has 4 fully saturated rings. The Morgan fingerprint density at radius 3 is 2.41 bits per heavy atom. The number of nitrogens with zero attached hydrogens (tertiary/aromatic N) is 2. The number of Topliss-reactive ketones (excluding diaryl/α,β-unsaturated/α-hetero) is 1. The second-order valence-electron chi connectivity index (χ2n) is 19.2. The number of halogens is 2. The molecule has 8 rings (SSSR count). The molecule has 3 aliphatic carbocycles. The zero-order valence-electron chi connectivity index (χ0n) is 38.8. The minimum absolute atomic E-state index is 0.0155. The average Bonchev–Trinajstić information content (AvgIpc) is 3.97. The number of ketones is 1. The van der Waals surface area contributed by atoms with Gasteiger partial charge in [0, 0.05) is 67.5 Å². The standard InChI is InChI=1S/C49H68ClFN2O10S/c1-10-30-12-11-13-39(63-41-17-16-38(25(3)59-41)53(6)23-28-14-15-29(51)18-37(28)50)24(2)44(55)35-21-33-32-19-31(62-49-47(58-9)46(57-8)45(56-7)26(4)60-49)20-36(32)48-43(52-27(5)64-48)42(33)34(35)22-40(54)61-30/h14-15,18,21,24-26,30-34,36,38-39,41-42,45-47,49H,10-13,16-17,19-20,22-23H2,1-9H3/t24-,25-,26+,30+,31+,32+,33+,34-,36-,38+,39+,41+,42-,45+,46-,47-,49+/m1/s1. The third kappa shape index (κ3) is 9.67. The van der Waals surface area contributed by atoms with Crippen LogP contribution in [0.15, 0.2) is 29.8 Å². The number of methoxy groups -OCH3 is 3. The second-order valence-corrected chi connectivity index (χ2v) is 20.8. The van der Waals surface area contributed by atoms with Crippen molar-refractivity contribution in [3.63, 3.8) is 0 Å². The molecule has 0 unspecified atom stereocenters. The number of fused-ring (bicyclic) bond motifs is 8. The minimum Gasteiger partial charge on any atom is -0.462 e. The maximum atomic E-state index is 15.2. The van der Waals surface area contributed by atoms with E-state index in [0.717, 1.165) is 41.9 Å². The number of carbonyl (C=O) groups is 2. The molecule has 0 bridgehead atoms. The highest BCUT2D eigenvalue weighted by Crippen LogP contribution is 2.62. The Morgan fingerprint density at radius 2 is 1.70 bits per heavy atom. The molecular formula is C49H68ClFN2O10S. The number of allylic oxidation sites excluding steroid dienone is 2. The van der Waals surface area contributed by atoms with Gasteiger partial charge < -0.3 is 37.9 Å². The number of aryl methyl sites for hydroxylation is 1. The topological polar surface area (TPSA) is 124 Å². The molecule has 3 saturated heterocycles. The summed E-state index contributed by atoms with van der Waals surface area (Å²) in [5.74, 6) is -1.26. The van der Waals surface area contributed by atoms with E-state index < -0.39 is 30.7 Å². The van der Waals surface area contributed by atoms with E-state index in [0.29, 0.717) is 42.8 Å². The number of esters is 1. The fourth-order valence-corrected chi connectivity index (χ4v) is 13.5. The molecule has 0 spiro atoms. The van der Waals surface area contributed by atoms with Crippen LogP contribution in [-0.4, -0.2) is 117 Å². The van der Waals surface area contributed by atoms with Gasteiger partial charge in [0.1, 0.15) is 30.2 Å². The zero-order chi connectivity index (χ0) is 45.6. The number of likely N-dealkylation sites (N-methyl/N-ethyl adjacent to an activating group) is 1. The molecule has 0 N–H and O–H groups in total. The lowest BCUT2D eigenvalue weighted by molar-refractivity contribution is -0.314. The summed E-state index contributed by atoms with van der Waals surface area (Å²) in [7, 11) is 6.99. The van der Waals surface area contributed by atoms with Gasteiger partial charge in [-0.25, -0.2) is 9.37 Å². The Balaban J connectivity index is 1.03. The highest BCUT2D eigenvalue weighted by atomic mass is 35.5. The molecule has 2 aromatic rings. The van der Waals surface area contributed by atoms with Gasteiger partial charge in [-0.2, -0.15) is 0 Å². The Bertz CT molecular complexity index is 2000. The number of thiazole rings is 1. The smallest absolute Gasteiger partial charge is 0.306 e. The molecule has 0 amide bonds. The average molecular weight is 932 g/mol. The van der Waals surface area contributed by atoms with Crippen LogP contribution in [0.5, 0.6) is 0 Å². The number of hydrogen-bond acceptors (Lipinski definition) is 13. The number of carbonyl (C=O) groups excluding carboxylic acids is 2. The summed E-state index contributed by atoms with van der Waals surface area (Å²) in [6.07, 6.45) is 4.61. The predicted molar refractivity (Wildman–Crippen MR) is 240 cm³/mol. The molecule has 15 heteroatoms. The molecule has 12 nitrogen and oxygen atoms in total. The van der Waals surface area contributed by atoms with Crippen LogP contribution in [0.3, 0.4) is 0 Å². The van der Waals surface area contributed by atoms with Crippen molar-refractivity contribution in [2.45, 2.75) is 178 Å². The summed E-state index contributed by atoms with van der Waals surface area (Å²) >= 11 is 8.11. The van der Waals surface area contributed by atoms with Gasteiger partial charge in [0.15, 0.2) is 18.4 Å². The lowest BCUT2D eigenvalue weighted by Gasteiger charge is -2.44. The van der Waals surface area contributed by atoms with Crippen LogP contribution < -0.4 is 0 Å². The highest BCUT2D eigenvalue weighted by molar-refractivity contribution is 7.11. The summed E-state index contributed by atoms with van der Waals surface area (Å²) in [6, 6.07) is 4.61. The lowest BCUT2D eigenvalue weighted by atomic mass is 9.67. The maximum absolute atomic E-state index is 15.2. The van der Waals surface area contributed by atoms with Gasteiger partial charge in [-0.15, -0.1) is 11.3 Å². The first-order valence-corrected chi connectivity index (χ1v) is 24.7. The molecule has 1 saturated carbocycles. The molecule has 64 heavy (non-hydrogen) atoms. The fraction of sp³-hybridized carbons (Fsp3) is 0.735. The molecule has 4 heterocycles.